The maximum Gasteiger partial charge on any atom is 0.0540 e. The average molecular weight is 343 g/mol. The molecule has 0 aliphatic carbocycles. The van der Waals surface area contributed by atoms with Gasteiger partial charge in [-0.1, -0.05) is 110 Å². The molecule has 0 bridgehead atoms. The Bertz CT molecular complexity index is 218. The van der Waals surface area contributed by atoms with Gasteiger partial charge < -0.3 is 10.2 Å². The van der Waals surface area contributed by atoms with Crippen molar-refractivity contribution in [2.24, 2.45) is 0 Å². The van der Waals surface area contributed by atoms with Crippen LogP contribution in [0.25, 0.3) is 0 Å². The predicted molar refractivity (Wildman–Crippen MR) is 106 cm³/mol. The highest BCUT2D eigenvalue weighted by molar-refractivity contribution is 4.57. The zero-order valence-corrected chi connectivity index (χ0v) is 16.6. The van der Waals surface area contributed by atoms with Gasteiger partial charge in [0.15, 0.2) is 0 Å². The molecular formula is C22H46O2. The van der Waals surface area contributed by atoms with E-state index in [2.05, 4.69) is 6.92 Å². The number of aliphatic hydroxyl groups is 2. The van der Waals surface area contributed by atoms with Crippen molar-refractivity contribution in [3.05, 3.63) is 0 Å². The van der Waals surface area contributed by atoms with Crippen molar-refractivity contribution in [3.8, 4) is 0 Å². The molecule has 0 spiro atoms. The molecule has 0 aliphatic heterocycles. The van der Waals surface area contributed by atoms with Gasteiger partial charge in [-0.3, -0.25) is 0 Å². The quantitative estimate of drug-likeness (QED) is 0.240. The van der Waals surface area contributed by atoms with Crippen LogP contribution < -0.4 is 0 Å². The van der Waals surface area contributed by atoms with E-state index in [1.165, 1.54) is 89.9 Å². The number of unbranched alkanes of at least 4 members (excludes halogenated alkanes) is 15. The first kappa shape index (κ1) is 23.9. The maximum absolute atomic E-state index is 9.88. The molecule has 0 aliphatic rings. The first-order chi connectivity index (χ1) is 11.8. The third-order valence-electron chi connectivity index (χ3n) is 5.09. The van der Waals surface area contributed by atoms with Gasteiger partial charge >= 0.3 is 0 Å². The lowest BCUT2D eigenvalue weighted by Gasteiger charge is -2.10. The molecule has 0 radical (unpaired) electrons. The van der Waals surface area contributed by atoms with Crippen LogP contribution >= 0.6 is 0 Å². The highest BCUT2D eigenvalue weighted by Gasteiger charge is 2.03. The van der Waals surface area contributed by atoms with Crippen LogP contribution in [-0.2, 0) is 0 Å². The predicted octanol–water partition coefficient (Wildman–Crippen LogP) is 6.77. The Kier molecular flexibility index (Phi) is 20.9. The molecule has 0 saturated carbocycles. The molecule has 0 aromatic heterocycles. The van der Waals surface area contributed by atoms with Crippen LogP contribution in [-0.4, -0.2) is 22.9 Å². The summed E-state index contributed by atoms with van der Waals surface area (Å²) in [6.07, 6.45) is 24.2. The number of aliphatic hydroxyl groups excluding tert-OH is 2. The fourth-order valence-electron chi connectivity index (χ4n) is 3.39. The highest BCUT2D eigenvalue weighted by Crippen LogP contribution is 2.15. The van der Waals surface area contributed by atoms with Crippen molar-refractivity contribution >= 4 is 0 Å². The molecular weight excluding hydrogens is 296 g/mol. The smallest absolute Gasteiger partial charge is 0.0540 e. The third-order valence-corrected chi connectivity index (χ3v) is 5.09. The molecule has 0 rings (SSSR count). The van der Waals surface area contributed by atoms with Gasteiger partial charge in [-0.05, 0) is 19.3 Å². The van der Waals surface area contributed by atoms with Gasteiger partial charge in [0.2, 0.25) is 0 Å². The van der Waals surface area contributed by atoms with Crippen LogP contribution in [0, 0.1) is 0 Å². The lowest BCUT2D eigenvalue weighted by molar-refractivity contribution is 0.146. The molecule has 146 valence electrons. The molecule has 0 amide bonds. The summed E-state index contributed by atoms with van der Waals surface area (Å²) in [5, 5.41) is 18.6. The van der Waals surface area contributed by atoms with Gasteiger partial charge in [-0.25, -0.2) is 0 Å². The van der Waals surface area contributed by atoms with Gasteiger partial charge in [-0.2, -0.15) is 0 Å². The molecule has 0 saturated heterocycles. The average Bonchev–Trinajstić information content (AvgIpc) is 2.59. The van der Waals surface area contributed by atoms with E-state index in [0.29, 0.717) is 0 Å². The number of hydrogen-bond acceptors (Lipinski definition) is 2. The van der Waals surface area contributed by atoms with Crippen molar-refractivity contribution < 1.29 is 10.2 Å². The molecule has 0 aromatic rings. The van der Waals surface area contributed by atoms with E-state index in [1.807, 2.05) is 0 Å². The van der Waals surface area contributed by atoms with E-state index < -0.39 is 0 Å². The van der Waals surface area contributed by atoms with Gasteiger partial charge in [0.05, 0.1) is 6.10 Å². The Morgan fingerprint density at radius 3 is 1.21 bits per heavy atom. The third kappa shape index (κ3) is 20.0. The lowest BCUT2D eigenvalue weighted by atomic mass is 10.0. The van der Waals surface area contributed by atoms with Gasteiger partial charge in [0.1, 0.15) is 0 Å². The molecule has 2 N–H and O–H groups in total. The second-order valence-electron chi connectivity index (χ2n) is 7.61. The van der Waals surface area contributed by atoms with E-state index in [-0.39, 0.29) is 12.7 Å². The van der Waals surface area contributed by atoms with Crippen LogP contribution in [0.2, 0.25) is 0 Å². The Balaban J connectivity index is 3.06. The summed E-state index contributed by atoms with van der Waals surface area (Å²) in [5.74, 6) is 0. The van der Waals surface area contributed by atoms with E-state index in [0.717, 1.165) is 32.1 Å². The molecule has 24 heavy (non-hydrogen) atoms. The van der Waals surface area contributed by atoms with Crippen molar-refractivity contribution in [3.63, 3.8) is 0 Å². The summed E-state index contributed by atoms with van der Waals surface area (Å²) in [4.78, 5) is 0. The largest absolute Gasteiger partial charge is 0.396 e. The summed E-state index contributed by atoms with van der Waals surface area (Å²) >= 11 is 0. The Labute approximate surface area is 152 Å². The molecule has 2 heteroatoms. The monoisotopic (exact) mass is 342 g/mol. The first-order valence-electron chi connectivity index (χ1n) is 11.1. The normalized spacial score (nSPS) is 12.6. The topological polar surface area (TPSA) is 40.5 Å². The second kappa shape index (κ2) is 21.0. The minimum Gasteiger partial charge on any atom is -0.396 e. The molecule has 0 heterocycles. The summed E-state index contributed by atoms with van der Waals surface area (Å²) in [7, 11) is 0. The van der Waals surface area contributed by atoms with Crippen LogP contribution in [0.15, 0.2) is 0 Å². The lowest BCUT2D eigenvalue weighted by Crippen LogP contribution is -2.06. The van der Waals surface area contributed by atoms with Gasteiger partial charge in [0, 0.05) is 6.61 Å². The van der Waals surface area contributed by atoms with E-state index >= 15 is 0 Å². The summed E-state index contributed by atoms with van der Waals surface area (Å²) in [6, 6.07) is 0. The molecule has 0 aromatic carbocycles. The Morgan fingerprint density at radius 2 is 0.833 bits per heavy atom. The Morgan fingerprint density at radius 1 is 0.500 bits per heavy atom. The van der Waals surface area contributed by atoms with Crippen molar-refractivity contribution in [1.29, 1.82) is 0 Å². The van der Waals surface area contributed by atoms with Gasteiger partial charge in [-0.15, -0.1) is 0 Å². The SMILES string of the molecule is CCCCCCCCCCCCCCCCC(O)CCCCCO. The number of hydrogen-bond donors (Lipinski definition) is 2. The highest BCUT2D eigenvalue weighted by atomic mass is 16.3. The second-order valence-corrected chi connectivity index (χ2v) is 7.61. The molecule has 0 fully saturated rings. The fraction of sp³-hybridized carbons (Fsp3) is 1.00. The van der Waals surface area contributed by atoms with E-state index in [9.17, 15) is 5.11 Å². The van der Waals surface area contributed by atoms with Crippen LogP contribution in [0.5, 0.6) is 0 Å². The van der Waals surface area contributed by atoms with Crippen molar-refractivity contribution in [1.82, 2.24) is 0 Å². The summed E-state index contributed by atoms with van der Waals surface area (Å²) in [6.45, 7) is 2.57. The standard InChI is InChI=1S/C22H46O2/c1-2-3-4-5-6-7-8-9-10-11-12-13-14-16-19-22(24)20-17-15-18-21-23/h22-24H,2-21H2,1H3. The summed E-state index contributed by atoms with van der Waals surface area (Å²) in [5.41, 5.74) is 0. The molecule has 1 atom stereocenters. The van der Waals surface area contributed by atoms with Crippen LogP contribution in [0.3, 0.4) is 0 Å². The van der Waals surface area contributed by atoms with E-state index in [4.69, 9.17) is 5.11 Å². The summed E-state index contributed by atoms with van der Waals surface area (Å²) < 4.78 is 0. The van der Waals surface area contributed by atoms with Crippen molar-refractivity contribution in [2.75, 3.05) is 6.61 Å². The van der Waals surface area contributed by atoms with Crippen molar-refractivity contribution in [2.45, 2.75) is 135 Å². The minimum atomic E-state index is -0.110. The van der Waals surface area contributed by atoms with Crippen LogP contribution in [0.4, 0.5) is 0 Å². The zero-order valence-electron chi connectivity index (χ0n) is 16.6. The van der Waals surface area contributed by atoms with Crippen LogP contribution in [0.1, 0.15) is 129 Å². The minimum absolute atomic E-state index is 0.110. The first-order valence-corrected chi connectivity index (χ1v) is 11.1. The fourth-order valence-corrected chi connectivity index (χ4v) is 3.39. The maximum atomic E-state index is 9.88. The Hall–Kier alpha value is -0.0800. The zero-order chi connectivity index (χ0) is 17.7. The molecule has 2 nitrogen and oxygen atoms in total. The number of rotatable bonds is 20. The molecule has 1 unspecified atom stereocenters. The van der Waals surface area contributed by atoms with E-state index in [1.54, 1.807) is 0 Å². The van der Waals surface area contributed by atoms with Gasteiger partial charge in [0.25, 0.3) is 0 Å².